The number of benzene rings is 2. The molecule has 1 aliphatic heterocycles. The van der Waals surface area contributed by atoms with Crippen molar-refractivity contribution in [2.24, 2.45) is 0 Å². The molecule has 0 spiro atoms. The van der Waals surface area contributed by atoms with Crippen LogP contribution in [0.15, 0.2) is 65.3 Å². The lowest BCUT2D eigenvalue weighted by Gasteiger charge is -2.36. The second kappa shape index (κ2) is 7.04. The molecule has 26 heavy (non-hydrogen) atoms. The molecule has 0 N–H and O–H groups in total. The maximum Gasteiger partial charge on any atom is 0.259 e. The molecule has 0 radical (unpaired) electrons. The van der Waals surface area contributed by atoms with Gasteiger partial charge in [-0.15, -0.1) is 0 Å². The smallest absolute Gasteiger partial charge is 0.259 e. The summed E-state index contributed by atoms with van der Waals surface area (Å²) in [5, 5.41) is 3.85. The Bertz CT molecular complexity index is 896. The lowest BCUT2D eigenvalue weighted by atomic mass is 10.1. The van der Waals surface area contributed by atoms with Crippen LogP contribution >= 0.6 is 0 Å². The summed E-state index contributed by atoms with van der Waals surface area (Å²) >= 11 is 0. The summed E-state index contributed by atoms with van der Waals surface area (Å²) in [5.41, 5.74) is 3.86. The van der Waals surface area contributed by atoms with Gasteiger partial charge in [-0.05, 0) is 24.6 Å². The van der Waals surface area contributed by atoms with E-state index in [4.69, 9.17) is 4.52 Å². The molecule has 2 heterocycles. The Hall–Kier alpha value is -3.08. The number of hydrogen-bond acceptors (Lipinski definition) is 4. The van der Waals surface area contributed by atoms with Gasteiger partial charge < -0.3 is 14.3 Å². The number of anilines is 1. The summed E-state index contributed by atoms with van der Waals surface area (Å²) in [6.07, 6.45) is 1.53. The van der Waals surface area contributed by atoms with Crippen molar-refractivity contribution in [3.63, 3.8) is 0 Å². The number of rotatable bonds is 3. The lowest BCUT2D eigenvalue weighted by Crippen LogP contribution is -2.48. The van der Waals surface area contributed by atoms with Crippen LogP contribution in [0.3, 0.4) is 0 Å². The number of carbonyl (C=O) groups excluding carboxylic acids is 1. The molecule has 1 aliphatic rings. The van der Waals surface area contributed by atoms with Crippen molar-refractivity contribution < 1.29 is 9.32 Å². The van der Waals surface area contributed by atoms with Crippen LogP contribution in [0, 0.1) is 6.92 Å². The van der Waals surface area contributed by atoms with Gasteiger partial charge >= 0.3 is 0 Å². The molecule has 1 fully saturated rings. The Balaban J connectivity index is 1.47. The molecule has 0 saturated carbocycles. The Morgan fingerprint density at radius 3 is 2.50 bits per heavy atom. The van der Waals surface area contributed by atoms with E-state index in [1.165, 1.54) is 17.4 Å². The van der Waals surface area contributed by atoms with E-state index in [9.17, 15) is 4.79 Å². The summed E-state index contributed by atoms with van der Waals surface area (Å²) in [6.45, 7) is 5.11. The summed E-state index contributed by atoms with van der Waals surface area (Å²) < 4.78 is 5.36. The van der Waals surface area contributed by atoms with Gasteiger partial charge in [-0.1, -0.05) is 47.6 Å². The molecule has 132 valence electrons. The van der Waals surface area contributed by atoms with Crippen LogP contribution in [0.4, 0.5) is 5.69 Å². The Morgan fingerprint density at radius 2 is 1.77 bits per heavy atom. The first-order chi connectivity index (χ1) is 12.7. The van der Waals surface area contributed by atoms with E-state index in [1.54, 1.807) is 0 Å². The Kier molecular flexibility index (Phi) is 4.44. The van der Waals surface area contributed by atoms with E-state index in [1.807, 2.05) is 35.2 Å². The van der Waals surface area contributed by atoms with Crippen LogP contribution in [0.2, 0.25) is 0 Å². The van der Waals surface area contributed by atoms with Gasteiger partial charge in [0, 0.05) is 37.4 Å². The highest BCUT2D eigenvalue weighted by molar-refractivity contribution is 5.99. The van der Waals surface area contributed by atoms with Gasteiger partial charge in [0.1, 0.15) is 5.56 Å². The minimum Gasteiger partial charge on any atom is -0.368 e. The Labute approximate surface area is 152 Å². The molecule has 0 bridgehead atoms. The van der Waals surface area contributed by atoms with E-state index >= 15 is 0 Å². The Morgan fingerprint density at radius 1 is 1.00 bits per heavy atom. The molecule has 1 amide bonds. The number of nitrogens with zero attached hydrogens (tertiary/aromatic N) is 3. The zero-order valence-electron chi connectivity index (χ0n) is 14.8. The van der Waals surface area contributed by atoms with Crippen LogP contribution in [-0.4, -0.2) is 42.1 Å². The van der Waals surface area contributed by atoms with Crippen molar-refractivity contribution in [2.45, 2.75) is 6.92 Å². The van der Waals surface area contributed by atoms with E-state index in [-0.39, 0.29) is 5.91 Å². The number of hydrogen-bond donors (Lipinski definition) is 0. The fourth-order valence-electron chi connectivity index (χ4n) is 3.35. The van der Waals surface area contributed by atoms with Crippen LogP contribution in [0.5, 0.6) is 0 Å². The van der Waals surface area contributed by atoms with Crippen LogP contribution < -0.4 is 4.90 Å². The van der Waals surface area contributed by atoms with Gasteiger partial charge in [0.15, 0.2) is 5.76 Å². The molecule has 4 rings (SSSR count). The topological polar surface area (TPSA) is 49.6 Å². The summed E-state index contributed by atoms with van der Waals surface area (Å²) in [5.74, 6) is 0.519. The quantitative estimate of drug-likeness (QED) is 0.726. The van der Waals surface area contributed by atoms with E-state index in [0.717, 1.165) is 18.7 Å². The second-order valence-corrected chi connectivity index (χ2v) is 6.55. The van der Waals surface area contributed by atoms with Crippen LogP contribution in [-0.2, 0) is 0 Å². The SMILES string of the molecule is Cc1cccc(N2CCN(C(=O)c3cnoc3-c3ccccc3)CC2)c1. The van der Waals surface area contributed by atoms with Gasteiger partial charge in [-0.2, -0.15) is 0 Å². The molecule has 1 aromatic heterocycles. The van der Waals surface area contributed by atoms with E-state index < -0.39 is 0 Å². The first-order valence-corrected chi connectivity index (χ1v) is 8.83. The lowest BCUT2D eigenvalue weighted by molar-refractivity contribution is 0.0747. The van der Waals surface area contributed by atoms with Gasteiger partial charge in [-0.3, -0.25) is 4.79 Å². The molecule has 5 heteroatoms. The highest BCUT2D eigenvalue weighted by Crippen LogP contribution is 2.25. The molecule has 0 unspecified atom stereocenters. The molecule has 5 nitrogen and oxygen atoms in total. The zero-order valence-corrected chi connectivity index (χ0v) is 14.8. The number of piperazine rings is 1. The third-order valence-electron chi connectivity index (χ3n) is 4.77. The van der Waals surface area contributed by atoms with Crippen molar-refractivity contribution in [2.75, 3.05) is 31.1 Å². The number of aryl methyl sites for hydroxylation is 1. The number of aromatic nitrogens is 1. The van der Waals surface area contributed by atoms with Crippen LogP contribution in [0.25, 0.3) is 11.3 Å². The fraction of sp³-hybridized carbons (Fsp3) is 0.238. The minimum atomic E-state index is -0.0194. The van der Waals surface area contributed by atoms with Crippen molar-refractivity contribution >= 4 is 11.6 Å². The standard InChI is InChI=1S/C21H21N3O2/c1-16-6-5-9-18(14-16)23-10-12-24(13-11-23)21(25)19-15-22-26-20(19)17-7-3-2-4-8-17/h2-9,14-15H,10-13H2,1H3. The third-order valence-corrected chi connectivity index (χ3v) is 4.77. The summed E-state index contributed by atoms with van der Waals surface area (Å²) in [6, 6.07) is 18.1. The maximum atomic E-state index is 13.0. The first kappa shape index (κ1) is 16.4. The molecular weight excluding hydrogens is 326 g/mol. The predicted molar refractivity (Wildman–Crippen MR) is 101 cm³/mol. The van der Waals surface area contributed by atoms with Gasteiger partial charge in [0.05, 0.1) is 6.20 Å². The molecule has 2 aromatic carbocycles. The zero-order chi connectivity index (χ0) is 17.9. The van der Waals surface area contributed by atoms with Gasteiger partial charge in [0.2, 0.25) is 0 Å². The van der Waals surface area contributed by atoms with Crippen molar-refractivity contribution in [1.82, 2.24) is 10.1 Å². The van der Waals surface area contributed by atoms with Crippen molar-refractivity contribution in [3.8, 4) is 11.3 Å². The summed E-state index contributed by atoms with van der Waals surface area (Å²) in [4.78, 5) is 17.2. The van der Waals surface area contributed by atoms with Crippen molar-refractivity contribution in [1.29, 1.82) is 0 Å². The van der Waals surface area contributed by atoms with E-state index in [0.29, 0.717) is 24.4 Å². The van der Waals surface area contributed by atoms with Crippen molar-refractivity contribution in [3.05, 3.63) is 71.9 Å². The number of carbonyl (C=O) groups is 1. The molecular formula is C21H21N3O2. The first-order valence-electron chi connectivity index (χ1n) is 8.83. The molecule has 1 saturated heterocycles. The fourth-order valence-corrected chi connectivity index (χ4v) is 3.35. The van der Waals surface area contributed by atoms with Gasteiger partial charge in [0.25, 0.3) is 5.91 Å². The molecule has 0 atom stereocenters. The second-order valence-electron chi connectivity index (χ2n) is 6.55. The normalized spacial score (nSPS) is 14.5. The van der Waals surface area contributed by atoms with Gasteiger partial charge in [-0.25, -0.2) is 0 Å². The predicted octanol–water partition coefficient (Wildman–Crippen LogP) is 3.61. The molecule has 0 aliphatic carbocycles. The minimum absolute atomic E-state index is 0.0194. The highest BCUT2D eigenvalue weighted by Gasteiger charge is 2.26. The average molecular weight is 347 g/mol. The third kappa shape index (κ3) is 3.20. The molecule has 3 aromatic rings. The van der Waals surface area contributed by atoms with Crippen LogP contribution in [0.1, 0.15) is 15.9 Å². The average Bonchev–Trinajstić information content (AvgIpc) is 3.18. The van der Waals surface area contributed by atoms with E-state index in [2.05, 4.69) is 41.2 Å². The summed E-state index contributed by atoms with van der Waals surface area (Å²) in [7, 11) is 0. The number of amides is 1. The highest BCUT2D eigenvalue weighted by atomic mass is 16.5. The monoisotopic (exact) mass is 347 g/mol. The maximum absolute atomic E-state index is 13.0. The largest absolute Gasteiger partial charge is 0.368 e.